The molecule has 114 valence electrons. The minimum atomic E-state index is 0.204. The Kier molecular flexibility index (Phi) is 5.45. The fourth-order valence-electron chi connectivity index (χ4n) is 2.40. The van der Waals surface area contributed by atoms with Gasteiger partial charge >= 0.3 is 0 Å². The zero-order valence-corrected chi connectivity index (χ0v) is 13.3. The van der Waals surface area contributed by atoms with Crippen LogP contribution in [-0.2, 0) is 0 Å². The van der Waals surface area contributed by atoms with E-state index in [9.17, 15) is 0 Å². The first-order valence-corrected chi connectivity index (χ1v) is 7.66. The van der Waals surface area contributed by atoms with Gasteiger partial charge in [0.1, 0.15) is 11.5 Å². The van der Waals surface area contributed by atoms with E-state index in [0.717, 1.165) is 17.9 Å². The summed E-state index contributed by atoms with van der Waals surface area (Å²) in [4.78, 5) is 0. The lowest BCUT2D eigenvalue weighted by molar-refractivity contribution is 0.242. The largest absolute Gasteiger partial charge is 0.491 e. The van der Waals surface area contributed by atoms with Crippen LogP contribution in [0, 0.1) is 0 Å². The van der Waals surface area contributed by atoms with Crippen molar-refractivity contribution < 1.29 is 9.15 Å². The molecule has 3 nitrogen and oxygen atoms in total. The molecule has 1 aromatic carbocycles. The molecule has 0 amide bonds. The van der Waals surface area contributed by atoms with Crippen molar-refractivity contribution in [3.63, 3.8) is 0 Å². The van der Waals surface area contributed by atoms with Crippen LogP contribution in [0.1, 0.15) is 57.5 Å². The molecule has 1 N–H and O–H groups in total. The Bertz CT molecular complexity index is 517. The first-order chi connectivity index (χ1) is 10.1. The van der Waals surface area contributed by atoms with Crippen LogP contribution < -0.4 is 10.1 Å². The molecule has 0 fully saturated rings. The predicted octanol–water partition coefficient (Wildman–Crippen LogP) is 4.87. The Morgan fingerprint density at radius 1 is 1.10 bits per heavy atom. The molecule has 0 radical (unpaired) electrons. The zero-order chi connectivity index (χ0) is 15.2. The van der Waals surface area contributed by atoms with Crippen molar-refractivity contribution in [2.24, 2.45) is 0 Å². The summed E-state index contributed by atoms with van der Waals surface area (Å²) in [6, 6.07) is 12.7. The van der Waals surface area contributed by atoms with Gasteiger partial charge in [-0.15, -0.1) is 0 Å². The number of nitrogens with one attached hydrogen (secondary N) is 1. The van der Waals surface area contributed by atoms with Gasteiger partial charge in [0.15, 0.2) is 0 Å². The van der Waals surface area contributed by atoms with Gasteiger partial charge in [0.25, 0.3) is 0 Å². The number of hydrogen-bond acceptors (Lipinski definition) is 3. The van der Waals surface area contributed by atoms with Crippen LogP contribution in [0.5, 0.6) is 5.75 Å². The molecule has 0 aliphatic rings. The van der Waals surface area contributed by atoms with Crippen molar-refractivity contribution in [2.75, 3.05) is 0 Å². The van der Waals surface area contributed by atoms with E-state index < -0.39 is 0 Å². The molecular weight excluding hydrogens is 262 g/mol. The summed E-state index contributed by atoms with van der Waals surface area (Å²) in [7, 11) is 0. The van der Waals surface area contributed by atoms with Crippen LogP contribution in [-0.4, -0.2) is 6.10 Å². The molecule has 2 unspecified atom stereocenters. The van der Waals surface area contributed by atoms with E-state index in [0.29, 0.717) is 0 Å². The van der Waals surface area contributed by atoms with Gasteiger partial charge in [-0.05, 0) is 57.0 Å². The molecule has 0 bridgehead atoms. The highest BCUT2D eigenvalue weighted by Crippen LogP contribution is 2.24. The van der Waals surface area contributed by atoms with Crippen LogP contribution in [0.3, 0.4) is 0 Å². The quantitative estimate of drug-likeness (QED) is 0.789. The maximum Gasteiger partial charge on any atom is 0.120 e. The minimum Gasteiger partial charge on any atom is -0.491 e. The van der Waals surface area contributed by atoms with Crippen LogP contribution in [0.2, 0.25) is 0 Å². The second-order valence-corrected chi connectivity index (χ2v) is 5.60. The van der Waals surface area contributed by atoms with Gasteiger partial charge in [0, 0.05) is 6.04 Å². The minimum absolute atomic E-state index is 0.204. The van der Waals surface area contributed by atoms with E-state index in [1.807, 2.05) is 38.1 Å². The van der Waals surface area contributed by atoms with Crippen molar-refractivity contribution >= 4 is 0 Å². The summed E-state index contributed by atoms with van der Waals surface area (Å²) in [6.45, 7) is 8.40. The molecule has 0 aliphatic heterocycles. The van der Waals surface area contributed by atoms with Crippen molar-refractivity contribution in [2.45, 2.75) is 52.3 Å². The number of benzene rings is 1. The fraction of sp³-hybridized carbons (Fsp3) is 0.444. The third-order valence-corrected chi connectivity index (χ3v) is 3.50. The van der Waals surface area contributed by atoms with Crippen LogP contribution in [0.25, 0.3) is 0 Å². The lowest BCUT2D eigenvalue weighted by atomic mass is 10.1. The van der Waals surface area contributed by atoms with E-state index in [4.69, 9.17) is 9.15 Å². The number of furan rings is 1. The normalized spacial score (nSPS) is 14.1. The Balaban J connectivity index is 2.00. The van der Waals surface area contributed by atoms with E-state index in [1.165, 1.54) is 5.56 Å². The lowest BCUT2D eigenvalue weighted by Crippen LogP contribution is -2.23. The van der Waals surface area contributed by atoms with Crippen LogP contribution in [0.4, 0.5) is 0 Å². The standard InChI is InChI=1S/C18H25NO2/c1-5-17(18-7-6-12-20-18)19-14(4)15-8-10-16(11-9-15)21-13(2)3/h6-14,17,19H,5H2,1-4H3. The number of ether oxygens (including phenoxy) is 1. The average molecular weight is 287 g/mol. The molecule has 0 aliphatic carbocycles. The molecule has 21 heavy (non-hydrogen) atoms. The monoisotopic (exact) mass is 287 g/mol. The molecule has 2 rings (SSSR count). The van der Waals surface area contributed by atoms with Crippen molar-refractivity contribution in [1.29, 1.82) is 0 Å². The molecule has 0 spiro atoms. The van der Waals surface area contributed by atoms with Gasteiger partial charge in [-0.2, -0.15) is 0 Å². The number of rotatable bonds is 7. The topological polar surface area (TPSA) is 34.4 Å². The van der Waals surface area contributed by atoms with Crippen LogP contribution in [0.15, 0.2) is 47.1 Å². The first kappa shape index (κ1) is 15.6. The van der Waals surface area contributed by atoms with E-state index >= 15 is 0 Å². The smallest absolute Gasteiger partial charge is 0.120 e. The maximum atomic E-state index is 5.67. The Hall–Kier alpha value is -1.74. The molecule has 3 heteroatoms. The number of hydrogen-bond donors (Lipinski definition) is 1. The molecule has 0 saturated heterocycles. The van der Waals surface area contributed by atoms with Crippen molar-refractivity contribution in [3.05, 3.63) is 54.0 Å². The Labute approximate surface area is 127 Å². The second kappa shape index (κ2) is 7.32. The average Bonchev–Trinajstić information content (AvgIpc) is 2.98. The molecule has 0 saturated carbocycles. The molecule has 2 aromatic rings. The third kappa shape index (κ3) is 4.36. The highest BCUT2D eigenvalue weighted by molar-refractivity contribution is 5.29. The highest BCUT2D eigenvalue weighted by atomic mass is 16.5. The van der Waals surface area contributed by atoms with Gasteiger partial charge in [-0.3, -0.25) is 0 Å². The molecule has 1 heterocycles. The summed E-state index contributed by atoms with van der Waals surface area (Å²) < 4.78 is 11.2. The zero-order valence-electron chi connectivity index (χ0n) is 13.3. The van der Waals surface area contributed by atoms with Gasteiger partial charge in [0.05, 0.1) is 18.4 Å². The SMILES string of the molecule is CCC(NC(C)c1ccc(OC(C)C)cc1)c1ccco1. The second-order valence-electron chi connectivity index (χ2n) is 5.60. The lowest BCUT2D eigenvalue weighted by Gasteiger charge is -2.21. The summed E-state index contributed by atoms with van der Waals surface area (Å²) in [5.41, 5.74) is 1.25. The van der Waals surface area contributed by atoms with Crippen molar-refractivity contribution in [3.8, 4) is 5.75 Å². The molecule has 1 aromatic heterocycles. The maximum absolute atomic E-state index is 5.67. The van der Waals surface area contributed by atoms with E-state index in [1.54, 1.807) is 6.26 Å². The van der Waals surface area contributed by atoms with Gasteiger partial charge < -0.3 is 14.5 Å². The third-order valence-electron chi connectivity index (χ3n) is 3.50. The Morgan fingerprint density at radius 2 is 1.81 bits per heavy atom. The van der Waals surface area contributed by atoms with Crippen molar-refractivity contribution in [1.82, 2.24) is 5.32 Å². The van der Waals surface area contributed by atoms with E-state index in [-0.39, 0.29) is 18.2 Å². The summed E-state index contributed by atoms with van der Waals surface area (Å²) in [6.07, 6.45) is 2.92. The molecular formula is C18H25NO2. The Morgan fingerprint density at radius 3 is 2.33 bits per heavy atom. The summed E-state index contributed by atoms with van der Waals surface area (Å²) in [5.74, 6) is 1.91. The highest BCUT2D eigenvalue weighted by Gasteiger charge is 2.15. The van der Waals surface area contributed by atoms with Gasteiger partial charge in [-0.1, -0.05) is 19.1 Å². The van der Waals surface area contributed by atoms with Gasteiger partial charge in [0.2, 0.25) is 0 Å². The summed E-state index contributed by atoms with van der Waals surface area (Å²) in [5, 5.41) is 3.61. The van der Waals surface area contributed by atoms with E-state index in [2.05, 4.69) is 31.3 Å². The fourth-order valence-corrected chi connectivity index (χ4v) is 2.40. The molecule has 2 atom stereocenters. The van der Waals surface area contributed by atoms with Crippen LogP contribution >= 0.6 is 0 Å². The summed E-state index contributed by atoms with van der Waals surface area (Å²) >= 11 is 0. The first-order valence-electron chi connectivity index (χ1n) is 7.66. The predicted molar refractivity (Wildman–Crippen MR) is 85.5 cm³/mol. The van der Waals surface area contributed by atoms with Gasteiger partial charge in [-0.25, -0.2) is 0 Å².